The highest BCUT2D eigenvalue weighted by molar-refractivity contribution is 5.94. The van der Waals surface area contributed by atoms with Crippen LogP contribution in [0.5, 0.6) is 0 Å². The van der Waals surface area contributed by atoms with E-state index in [0.29, 0.717) is 6.54 Å². The Hall–Kier alpha value is -2.16. The molecule has 1 aromatic rings. The van der Waals surface area contributed by atoms with Crippen LogP contribution >= 0.6 is 0 Å². The van der Waals surface area contributed by atoms with E-state index in [1.54, 1.807) is 7.05 Å². The predicted molar refractivity (Wildman–Crippen MR) is 112 cm³/mol. The van der Waals surface area contributed by atoms with E-state index < -0.39 is 0 Å². The summed E-state index contributed by atoms with van der Waals surface area (Å²) < 4.78 is 11.1. The Morgan fingerprint density at radius 2 is 1.72 bits per heavy atom. The van der Waals surface area contributed by atoms with Crippen LogP contribution in [0.15, 0.2) is 24.3 Å². The molecular formula is C21H32N4O4. The first-order chi connectivity index (χ1) is 13.9. The first kappa shape index (κ1) is 21.5. The number of nitrogens with zero attached hydrogens (tertiary/aromatic N) is 3. The van der Waals surface area contributed by atoms with E-state index in [1.807, 2.05) is 38.1 Å². The van der Waals surface area contributed by atoms with Gasteiger partial charge in [0.2, 0.25) is 11.8 Å². The number of benzene rings is 1. The minimum absolute atomic E-state index is 0.0273. The molecule has 0 spiro atoms. The SMILES string of the molecule is C[C@H]1CN(CC(=O)N(C)CC(=O)Nc2ccc(N3CCOCC3)cc2)C[C@H](C)O1. The molecule has 2 aliphatic heterocycles. The second kappa shape index (κ2) is 10.0. The summed E-state index contributed by atoms with van der Waals surface area (Å²) in [6.45, 7) is 9.02. The molecule has 0 aromatic heterocycles. The van der Waals surface area contributed by atoms with Crippen molar-refractivity contribution >= 4 is 23.2 Å². The Kier molecular flexibility index (Phi) is 7.46. The number of nitrogens with one attached hydrogen (secondary N) is 1. The molecule has 0 unspecified atom stereocenters. The average Bonchev–Trinajstić information content (AvgIpc) is 2.68. The number of carbonyl (C=O) groups is 2. The summed E-state index contributed by atoms with van der Waals surface area (Å²) in [5.74, 6) is -0.271. The lowest BCUT2D eigenvalue weighted by Crippen LogP contribution is -2.50. The third kappa shape index (κ3) is 6.42. The molecule has 2 saturated heterocycles. The molecule has 8 nitrogen and oxygen atoms in total. The van der Waals surface area contributed by atoms with Gasteiger partial charge < -0.3 is 24.6 Å². The zero-order chi connectivity index (χ0) is 20.8. The highest BCUT2D eigenvalue weighted by Crippen LogP contribution is 2.19. The Morgan fingerprint density at radius 1 is 1.10 bits per heavy atom. The van der Waals surface area contributed by atoms with Crippen molar-refractivity contribution in [1.29, 1.82) is 0 Å². The molecule has 160 valence electrons. The Balaban J connectivity index is 1.45. The van der Waals surface area contributed by atoms with Crippen LogP contribution in [-0.2, 0) is 19.1 Å². The second-order valence-electron chi connectivity index (χ2n) is 7.90. The van der Waals surface area contributed by atoms with Gasteiger partial charge in [-0.1, -0.05) is 0 Å². The van der Waals surface area contributed by atoms with Crippen LogP contribution in [0.4, 0.5) is 11.4 Å². The molecule has 29 heavy (non-hydrogen) atoms. The van der Waals surface area contributed by atoms with Crippen molar-refractivity contribution < 1.29 is 19.1 Å². The van der Waals surface area contributed by atoms with Gasteiger partial charge in [-0.2, -0.15) is 0 Å². The van der Waals surface area contributed by atoms with Crippen molar-refractivity contribution in [1.82, 2.24) is 9.80 Å². The maximum absolute atomic E-state index is 12.5. The largest absolute Gasteiger partial charge is 0.378 e. The highest BCUT2D eigenvalue weighted by Gasteiger charge is 2.25. The molecule has 0 aliphatic carbocycles. The molecule has 0 saturated carbocycles. The Labute approximate surface area is 172 Å². The third-order valence-electron chi connectivity index (χ3n) is 5.19. The first-order valence-corrected chi connectivity index (χ1v) is 10.2. The fourth-order valence-electron chi connectivity index (χ4n) is 3.81. The van der Waals surface area contributed by atoms with Crippen LogP contribution in [0, 0.1) is 0 Å². The summed E-state index contributed by atoms with van der Waals surface area (Å²) >= 11 is 0. The van der Waals surface area contributed by atoms with Gasteiger partial charge in [0.25, 0.3) is 0 Å². The maximum Gasteiger partial charge on any atom is 0.243 e. The minimum atomic E-state index is -0.205. The first-order valence-electron chi connectivity index (χ1n) is 10.2. The van der Waals surface area contributed by atoms with Crippen LogP contribution in [0.2, 0.25) is 0 Å². The van der Waals surface area contributed by atoms with Gasteiger partial charge in [-0.05, 0) is 38.1 Å². The van der Waals surface area contributed by atoms with E-state index in [0.717, 1.165) is 50.8 Å². The van der Waals surface area contributed by atoms with Gasteiger partial charge >= 0.3 is 0 Å². The molecule has 1 N–H and O–H groups in total. The molecule has 2 heterocycles. The summed E-state index contributed by atoms with van der Waals surface area (Å²) in [5, 5.41) is 2.87. The Bertz CT molecular complexity index is 680. The second-order valence-corrected chi connectivity index (χ2v) is 7.90. The monoisotopic (exact) mass is 404 g/mol. The van der Waals surface area contributed by atoms with Crippen LogP contribution in [0.3, 0.4) is 0 Å². The lowest BCUT2D eigenvalue weighted by atomic mass is 10.2. The molecule has 3 rings (SSSR count). The average molecular weight is 405 g/mol. The maximum atomic E-state index is 12.5. The number of hydrogen-bond donors (Lipinski definition) is 1. The summed E-state index contributed by atoms with van der Waals surface area (Å²) in [5.41, 5.74) is 1.84. The van der Waals surface area contributed by atoms with Crippen LogP contribution in [-0.4, -0.2) is 93.4 Å². The number of likely N-dealkylation sites (N-methyl/N-ethyl adjacent to an activating group) is 1. The predicted octanol–water partition coefficient (Wildman–Crippen LogP) is 1.03. The molecule has 2 fully saturated rings. The van der Waals surface area contributed by atoms with Crippen molar-refractivity contribution in [2.24, 2.45) is 0 Å². The third-order valence-corrected chi connectivity index (χ3v) is 5.19. The summed E-state index contributed by atoms with van der Waals surface area (Å²) in [6.07, 6.45) is 0.223. The van der Waals surface area contributed by atoms with E-state index in [2.05, 4.69) is 15.1 Å². The van der Waals surface area contributed by atoms with Crippen LogP contribution in [0.1, 0.15) is 13.8 Å². The number of ether oxygens (including phenoxy) is 2. The van der Waals surface area contributed by atoms with Gasteiger partial charge in [0.15, 0.2) is 0 Å². The fraction of sp³-hybridized carbons (Fsp3) is 0.619. The summed E-state index contributed by atoms with van der Waals surface area (Å²) in [6, 6.07) is 7.77. The van der Waals surface area contributed by atoms with Gasteiger partial charge in [0, 0.05) is 44.6 Å². The molecule has 2 atom stereocenters. The molecule has 2 amide bonds. The van der Waals surface area contributed by atoms with Gasteiger partial charge in [-0.3, -0.25) is 14.5 Å². The van der Waals surface area contributed by atoms with Crippen LogP contribution in [0.25, 0.3) is 0 Å². The number of hydrogen-bond acceptors (Lipinski definition) is 6. The number of carbonyl (C=O) groups excluding carboxylic acids is 2. The normalized spacial score (nSPS) is 22.9. The summed E-state index contributed by atoms with van der Waals surface area (Å²) in [4.78, 5) is 30.6. The van der Waals surface area contributed by atoms with Gasteiger partial charge in [0.05, 0.1) is 38.5 Å². The van der Waals surface area contributed by atoms with Crippen molar-refractivity contribution in [2.75, 3.05) is 69.7 Å². The number of anilines is 2. The molecule has 2 aliphatic rings. The number of amides is 2. The zero-order valence-corrected chi connectivity index (χ0v) is 17.6. The molecule has 0 radical (unpaired) electrons. The van der Waals surface area contributed by atoms with Gasteiger partial charge in [-0.15, -0.1) is 0 Å². The quantitative estimate of drug-likeness (QED) is 0.763. The van der Waals surface area contributed by atoms with Gasteiger partial charge in [0.1, 0.15) is 0 Å². The lowest BCUT2D eigenvalue weighted by molar-refractivity contribution is -0.137. The van der Waals surface area contributed by atoms with E-state index in [1.165, 1.54) is 4.90 Å². The van der Waals surface area contributed by atoms with Crippen LogP contribution < -0.4 is 10.2 Å². The lowest BCUT2D eigenvalue weighted by Gasteiger charge is -2.35. The van der Waals surface area contributed by atoms with E-state index in [9.17, 15) is 9.59 Å². The van der Waals surface area contributed by atoms with Crippen molar-refractivity contribution in [2.45, 2.75) is 26.1 Å². The molecular weight excluding hydrogens is 372 g/mol. The minimum Gasteiger partial charge on any atom is -0.378 e. The molecule has 1 aromatic carbocycles. The molecule has 8 heteroatoms. The summed E-state index contributed by atoms with van der Waals surface area (Å²) in [7, 11) is 1.66. The number of rotatable bonds is 6. The van der Waals surface area contributed by atoms with Crippen molar-refractivity contribution in [3.05, 3.63) is 24.3 Å². The number of morpholine rings is 2. The van der Waals surface area contributed by atoms with E-state index in [-0.39, 0.29) is 30.6 Å². The van der Waals surface area contributed by atoms with Crippen molar-refractivity contribution in [3.63, 3.8) is 0 Å². The van der Waals surface area contributed by atoms with Gasteiger partial charge in [-0.25, -0.2) is 0 Å². The highest BCUT2D eigenvalue weighted by atomic mass is 16.5. The Morgan fingerprint density at radius 3 is 2.34 bits per heavy atom. The topological polar surface area (TPSA) is 74.4 Å². The fourth-order valence-corrected chi connectivity index (χ4v) is 3.81. The standard InChI is InChI=1S/C21H32N4O4/c1-16-12-24(13-17(2)29-16)15-21(27)23(3)14-20(26)22-18-4-6-19(7-5-18)25-8-10-28-11-9-25/h4-7,16-17H,8-15H2,1-3H3,(H,22,26)/t16-,17-/m0/s1. The smallest absolute Gasteiger partial charge is 0.243 e. The molecule has 0 bridgehead atoms. The zero-order valence-electron chi connectivity index (χ0n) is 17.6. The van der Waals surface area contributed by atoms with Crippen molar-refractivity contribution in [3.8, 4) is 0 Å². The van der Waals surface area contributed by atoms with E-state index >= 15 is 0 Å². The van der Waals surface area contributed by atoms with E-state index in [4.69, 9.17) is 9.47 Å².